The first kappa shape index (κ1) is 22.1. The molecule has 1 aliphatic rings. The second-order valence-corrected chi connectivity index (χ2v) is 7.47. The van der Waals surface area contributed by atoms with E-state index in [0.29, 0.717) is 30.9 Å². The molecule has 30 heavy (non-hydrogen) atoms. The summed E-state index contributed by atoms with van der Waals surface area (Å²) in [7, 11) is 0. The van der Waals surface area contributed by atoms with E-state index in [4.69, 9.17) is 19.3 Å². The Labute approximate surface area is 175 Å². The minimum atomic E-state index is -1.17. The molecule has 1 fully saturated rings. The van der Waals surface area contributed by atoms with Crippen LogP contribution < -0.4 is 9.47 Å². The molecule has 2 unspecified atom stereocenters. The predicted octanol–water partition coefficient (Wildman–Crippen LogP) is 2.22. The van der Waals surface area contributed by atoms with Gasteiger partial charge in [0.2, 0.25) is 0 Å². The number of carboxylic acid groups (broad SMARTS) is 1. The Bertz CT molecular complexity index is 813. The molecule has 7 nitrogen and oxygen atoms in total. The van der Waals surface area contributed by atoms with Crippen LogP contribution in [0.2, 0.25) is 0 Å². The third kappa shape index (κ3) is 5.95. The zero-order valence-electron chi connectivity index (χ0n) is 16.8. The number of carbonyl (C=O) groups is 1. The van der Waals surface area contributed by atoms with Gasteiger partial charge in [-0.05, 0) is 54.7 Å². The van der Waals surface area contributed by atoms with Crippen LogP contribution in [0.4, 0.5) is 0 Å². The van der Waals surface area contributed by atoms with Gasteiger partial charge in [0.25, 0.3) is 0 Å². The van der Waals surface area contributed by atoms with E-state index >= 15 is 0 Å². The molecule has 1 aliphatic heterocycles. The Morgan fingerprint density at radius 2 is 1.80 bits per heavy atom. The Kier molecular flexibility index (Phi) is 7.68. The highest BCUT2D eigenvalue weighted by Gasteiger charge is 2.42. The number of aliphatic hydroxyl groups is 2. The van der Waals surface area contributed by atoms with Crippen LogP contribution in [0.3, 0.4) is 0 Å². The highest BCUT2D eigenvalue weighted by atomic mass is 16.5. The third-order valence-corrected chi connectivity index (χ3v) is 5.09. The first-order valence-corrected chi connectivity index (χ1v) is 10.1. The van der Waals surface area contributed by atoms with Crippen molar-refractivity contribution >= 4 is 5.97 Å². The zero-order chi connectivity index (χ0) is 21.4. The van der Waals surface area contributed by atoms with E-state index in [1.54, 1.807) is 30.3 Å². The fraction of sp³-hybridized carbons (Fsp3) is 0.435. The van der Waals surface area contributed by atoms with E-state index < -0.39 is 17.7 Å². The molecule has 162 valence electrons. The molecule has 0 amide bonds. The fourth-order valence-electron chi connectivity index (χ4n) is 3.47. The minimum Gasteiger partial charge on any atom is -0.491 e. The van der Waals surface area contributed by atoms with Crippen LogP contribution >= 0.6 is 0 Å². The van der Waals surface area contributed by atoms with Crippen LogP contribution in [0.1, 0.15) is 24.0 Å². The molecule has 1 heterocycles. The number of aliphatic carboxylic acids is 1. The third-order valence-electron chi connectivity index (χ3n) is 5.09. The number of ether oxygens (including phenoxy) is 3. The maximum absolute atomic E-state index is 11.7. The van der Waals surface area contributed by atoms with E-state index in [1.165, 1.54) is 0 Å². The Morgan fingerprint density at radius 1 is 1.07 bits per heavy atom. The molecule has 0 aromatic heterocycles. The van der Waals surface area contributed by atoms with E-state index in [0.717, 1.165) is 17.5 Å². The average Bonchev–Trinajstić information content (AvgIpc) is 3.22. The molecule has 2 atom stereocenters. The molecule has 3 rings (SSSR count). The van der Waals surface area contributed by atoms with Crippen molar-refractivity contribution in [1.82, 2.24) is 0 Å². The summed E-state index contributed by atoms with van der Waals surface area (Å²) >= 11 is 0. The highest BCUT2D eigenvalue weighted by molar-refractivity contribution is 5.78. The van der Waals surface area contributed by atoms with Gasteiger partial charge >= 0.3 is 5.97 Å². The maximum Gasteiger partial charge on any atom is 0.336 e. The van der Waals surface area contributed by atoms with Gasteiger partial charge in [0.05, 0.1) is 0 Å². The largest absolute Gasteiger partial charge is 0.491 e. The predicted molar refractivity (Wildman–Crippen MR) is 110 cm³/mol. The first-order valence-electron chi connectivity index (χ1n) is 10.1. The van der Waals surface area contributed by atoms with E-state index in [9.17, 15) is 15.0 Å². The lowest BCUT2D eigenvalue weighted by atomic mass is 9.91. The summed E-state index contributed by atoms with van der Waals surface area (Å²) in [6, 6.07) is 14.5. The van der Waals surface area contributed by atoms with Gasteiger partial charge < -0.3 is 29.5 Å². The number of rotatable bonds is 11. The van der Waals surface area contributed by atoms with Crippen molar-refractivity contribution in [2.75, 3.05) is 26.4 Å². The summed E-state index contributed by atoms with van der Waals surface area (Å²) in [5, 5.41) is 28.6. The molecule has 0 saturated carbocycles. The molecule has 0 radical (unpaired) electrons. The number of hydrogen-bond acceptors (Lipinski definition) is 6. The molecular formula is C23H28O7. The van der Waals surface area contributed by atoms with Crippen LogP contribution in [0.15, 0.2) is 48.5 Å². The Balaban J connectivity index is 1.48. The molecular weight excluding hydrogens is 388 g/mol. The summed E-state index contributed by atoms with van der Waals surface area (Å²) in [5.74, 6) is 0.245. The van der Waals surface area contributed by atoms with Crippen LogP contribution in [0, 0.1) is 0 Å². The topological polar surface area (TPSA) is 105 Å². The molecule has 3 N–H and O–H groups in total. The van der Waals surface area contributed by atoms with Gasteiger partial charge in [0, 0.05) is 19.6 Å². The molecule has 2 aromatic carbocycles. The lowest BCUT2D eigenvalue weighted by molar-refractivity contribution is -0.159. The summed E-state index contributed by atoms with van der Waals surface area (Å²) in [5.41, 5.74) is 0.658. The second-order valence-electron chi connectivity index (χ2n) is 7.47. The maximum atomic E-state index is 11.7. The quantitative estimate of drug-likeness (QED) is 0.516. The van der Waals surface area contributed by atoms with Gasteiger partial charge in [-0.1, -0.05) is 24.3 Å². The second kappa shape index (κ2) is 10.4. The highest BCUT2D eigenvalue weighted by Crippen LogP contribution is 2.31. The zero-order valence-corrected chi connectivity index (χ0v) is 16.8. The van der Waals surface area contributed by atoms with Crippen LogP contribution in [-0.4, -0.2) is 59.4 Å². The summed E-state index contributed by atoms with van der Waals surface area (Å²) in [4.78, 5) is 11.7. The SMILES string of the molecule is O=C(O)C1(Cc2cccc(OCC(O)COc3ccc(CCO)cc3)c2)CCCO1. The average molecular weight is 416 g/mol. The van der Waals surface area contributed by atoms with Crippen molar-refractivity contribution in [1.29, 1.82) is 0 Å². The van der Waals surface area contributed by atoms with E-state index in [-0.39, 0.29) is 26.2 Å². The van der Waals surface area contributed by atoms with Gasteiger partial charge in [-0.3, -0.25) is 0 Å². The van der Waals surface area contributed by atoms with Crippen molar-refractivity contribution in [3.8, 4) is 11.5 Å². The van der Waals surface area contributed by atoms with Crippen molar-refractivity contribution in [2.45, 2.75) is 37.4 Å². The smallest absolute Gasteiger partial charge is 0.336 e. The standard InChI is InChI=1S/C23H28O7/c24-11-9-17-5-7-20(8-6-17)28-15-19(25)16-29-21-4-1-3-18(13-21)14-23(22(26)27)10-2-12-30-23/h1,3-8,13,19,24-25H,2,9-12,14-16H2,(H,26,27). The van der Waals surface area contributed by atoms with Crippen molar-refractivity contribution < 1.29 is 34.3 Å². The lowest BCUT2D eigenvalue weighted by Crippen LogP contribution is -2.40. The van der Waals surface area contributed by atoms with E-state index in [1.807, 2.05) is 18.2 Å². The molecule has 0 bridgehead atoms. The lowest BCUT2D eigenvalue weighted by Gasteiger charge is -2.23. The number of hydrogen-bond donors (Lipinski definition) is 3. The normalized spacial score (nSPS) is 19.4. The molecule has 0 spiro atoms. The van der Waals surface area contributed by atoms with Gasteiger partial charge in [-0.15, -0.1) is 0 Å². The molecule has 7 heteroatoms. The van der Waals surface area contributed by atoms with Gasteiger partial charge in [-0.25, -0.2) is 4.79 Å². The Morgan fingerprint density at radius 3 is 2.43 bits per heavy atom. The number of benzene rings is 2. The van der Waals surface area contributed by atoms with Gasteiger partial charge in [0.1, 0.15) is 30.8 Å². The molecule has 1 saturated heterocycles. The summed E-state index contributed by atoms with van der Waals surface area (Å²) < 4.78 is 16.8. The molecule has 0 aliphatic carbocycles. The van der Waals surface area contributed by atoms with Crippen LogP contribution in [-0.2, 0) is 22.4 Å². The summed E-state index contributed by atoms with van der Waals surface area (Å²) in [6.07, 6.45) is 1.27. The van der Waals surface area contributed by atoms with Crippen molar-refractivity contribution in [3.63, 3.8) is 0 Å². The van der Waals surface area contributed by atoms with E-state index in [2.05, 4.69) is 0 Å². The van der Waals surface area contributed by atoms with Crippen LogP contribution in [0.25, 0.3) is 0 Å². The fourth-order valence-corrected chi connectivity index (χ4v) is 3.47. The first-order chi connectivity index (χ1) is 14.5. The van der Waals surface area contributed by atoms with Crippen LogP contribution in [0.5, 0.6) is 11.5 Å². The van der Waals surface area contributed by atoms with Gasteiger partial charge in [-0.2, -0.15) is 0 Å². The van der Waals surface area contributed by atoms with Crippen molar-refractivity contribution in [3.05, 3.63) is 59.7 Å². The molecule has 2 aromatic rings. The Hall–Kier alpha value is -2.61. The monoisotopic (exact) mass is 416 g/mol. The summed E-state index contributed by atoms with van der Waals surface area (Å²) in [6.45, 7) is 0.683. The number of carboxylic acids is 1. The minimum absolute atomic E-state index is 0.0482. The number of aliphatic hydroxyl groups excluding tert-OH is 2. The van der Waals surface area contributed by atoms with Gasteiger partial charge in [0.15, 0.2) is 5.60 Å². The van der Waals surface area contributed by atoms with Crippen molar-refractivity contribution in [2.24, 2.45) is 0 Å².